The largest absolute Gasteiger partial charge is 0.481 e. The first-order valence-corrected chi connectivity index (χ1v) is 11.9. The van der Waals surface area contributed by atoms with E-state index in [0.717, 1.165) is 5.56 Å². The van der Waals surface area contributed by atoms with E-state index in [4.69, 9.17) is 15.9 Å². The molecule has 7 N–H and O–H groups in total. The Morgan fingerprint density at radius 3 is 2.06 bits per heavy atom. The van der Waals surface area contributed by atoms with Gasteiger partial charge >= 0.3 is 11.9 Å². The van der Waals surface area contributed by atoms with Gasteiger partial charge in [-0.25, -0.2) is 4.79 Å². The third-order valence-corrected chi connectivity index (χ3v) is 5.87. The van der Waals surface area contributed by atoms with E-state index in [1.165, 1.54) is 0 Å². The standard InChI is InChI=1S/C23H34N4O7S/c1-3-13(2)19(27-20(30)15(24)11-14-7-5-4-6-8-14)22(32)25-16(9-10-18(28)29)21(31)26-17(12-35)23(33)34/h4-8,13,15-17,19,35H,3,9-12,24H2,1-2H3,(H,25,32)(H,26,31)(H,27,30)(H,28,29)(H,33,34). The molecule has 0 saturated carbocycles. The molecule has 35 heavy (non-hydrogen) atoms. The Hall–Kier alpha value is -3.12. The van der Waals surface area contributed by atoms with Crippen molar-refractivity contribution in [2.24, 2.45) is 11.7 Å². The van der Waals surface area contributed by atoms with Gasteiger partial charge < -0.3 is 31.9 Å². The summed E-state index contributed by atoms with van der Waals surface area (Å²) in [6.45, 7) is 3.56. The summed E-state index contributed by atoms with van der Waals surface area (Å²) in [5.41, 5.74) is 6.88. The fourth-order valence-corrected chi connectivity index (χ4v) is 3.43. The van der Waals surface area contributed by atoms with Crippen LogP contribution in [0.15, 0.2) is 30.3 Å². The van der Waals surface area contributed by atoms with Crippen molar-refractivity contribution in [3.63, 3.8) is 0 Å². The Balaban J connectivity index is 2.98. The first-order valence-electron chi connectivity index (χ1n) is 11.3. The number of amides is 3. The summed E-state index contributed by atoms with van der Waals surface area (Å²) in [5, 5.41) is 25.5. The maximum atomic E-state index is 13.1. The molecular formula is C23H34N4O7S. The second-order valence-electron chi connectivity index (χ2n) is 8.24. The number of rotatable bonds is 15. The van der Waals surface area contributed by atoms with Gasteiger partial charge in [-0.1, -0.05) is 50.6 Å². The fraction of sp³-hybridized carbons (Fsp3) is 0.522. The zero-order chi connectivity index (χ0) is 26.5. The minimum atomic E-state index is -1.33. The topological polar surface area (TPSA) is 188 Å². The van der Waals surface area contributed by atoms with Crippen molar-refractivity contribution in [1.29, 1.82) is 0 Å². The summed E-state index contributed by atoms with van der Waals surface area (Å²) in [6, 6.07) is 4.51. The predicted octanol–water partition coefficient (Wildman–Crippen LogP) is -0.0639. The third kappa shape index (κ3) is 10.4. The number of nitrogens with one attached hydrogen (secondary N) is 3. The number of benzene rings is 1. The van der Waals surface area contributed by atoms with Crippen molar-refractivity contribution < 1.29 is 34.2 Å². The highest BCUT2D eigenvalue weighted by molar-refractivity contribution is 7.80. The molecule has 0 spiro atoms. The van der Waals surface area contributed by atoms with Gasteiger partial charge in [0.25, 0.3) is 0 Å². The molecular weight excluding hydrogens is 476 g/mol. The Kier molecular flexibility index (Phi) is 12.8. The molecule has 5 unspecified atom stereocenters. The van der Waals surface area contributed by atoms with Crippen molar-refractivity contribution in [3.8, 4) is 0 Å². The molecule has 0 aliphatic rings. The Morgan fingerprint density at radius 2 is 1.54 bits per heavy atom. The van der Waals surface area contributed by atoms with Crippen LogP contribution >= 0.6 is 12.6 Å². The third-order valence-electron chi connectivity index (χ3n) is 5.51. The van der Waals surface area contributed by atoms with Gasteiger partial charge in [0.1, 0.15) is 18.1 Å². The Bertz CT molecular complexity index is 884. The van der Waals surface area contributed by atoms with Crippen LogP contribution in [0.5, 0.6) is 0 Å². The zero-order valence-electron chi connectivity index (χ0n) is 19.8. The lowest BCUT2D eigenvalue weighted by Gasteiger charge is -2.27. The van der Waals surface area contributed by atoms with Crippen molar-refractivity contribution >= 4 is 42.3 Å². The molecule has 0 bridgehead atoms. The molecule has 1 aromatic carbocycles. The molecule has 1 rings (SSSR count). The second-order valence-corrected chi connectivity index (χ2v) is 8.61. The van der Waals surface area contributed by atoms with E-state index in [-0.39, 0.29) is 24.5 Å². The van der Waals surface area contributed by atoms with Gasteiger partial charge in [0, 0.05) is 12.2 Å². The highest BCUT2D eigenvalue weighted by atomic mass is 32.1. The van der Waals surface area contributed by atoms with Gasteiger partial charge in [0.15, 0.2) is 0 Å². The number of carbonyl (C=O) groups is 5. The molecule has 1 aromatic rings. The Morgan fingerprint density at radius 1 is 0.943 bits per heavy atom. The number of nitrogens with two attached hydrogens (primary N) is 1. The van der Waals surface area contributed by atoms with E-state index in [9.17, 15) is 24.0 Å². The number of thiol groups is 1. The number of carbonyl (C=O) groups excluding carboxylic acids is 3. The Labute approximate surface area is 209 Å². The maximum absolute atomic E-state index is 13.1. The number of carboxylic acid groups (broad SMARTS) is 2. The lowest BCUT2D eigenvalue weighted by molar-refractivity contribution is -0.142. The SMILES string of the molecule is CCC(C)C(NC(=O)C(N)Cc1ccccc1)C(=O)NC(CCC(=O)O)C(=O)NC(CS)C(=O)O. The number of hydrogen-bond donors (Lipinski definition) is 7. The molecule has 0 heterocycles. The van der Waals surface area contributed by atoms with Gasteiger partial charge in [0.2, 0.25) is 17.7 Å². The van der Waals surface area contributed by atoms with E-state index in [1.54, 1.807) is 6.92 Å². The summed E-state index contributed by atoms with van der Waals surface area (Å²) >= 11 is 3.88. The van der Waals surface area contributed by atoms with E-state index in [1.807, 2.05) is 37.3 Å². The van der Waals surface area contributed by atoms with E-state index >= 15 is 0 Å². The molecule has 12 heteroatoms. The van der Waals surface area contributed by atoms with Crippen LogP contribution in [0.2, 0.25) is 0 Å². The van der Waals surface area contributed by atoms with E-state index in [2.05, 4.69) is 28.6 Å². The smallest absolute Gasteiger partial charge is 0.327 e. The first-order chi connectivity index (χ1) is 16.5. The monoisotopic (exact) mass is 510 g/mol. The molecule has 0 fully saturated rings. The van der Waals surface area contributed by atoms with Gasteiger partial charge in [-0.05, 0) is 24.3 Å². The lowest BCUT2D eigenvalue weighted by Crippen LogP contribution is -2.59. The van der Waals surface area contributed by atoms with E-state index < -0.39 is 60.2 Å². The van der Waals surface area contributed by atoms with Crippen LogP contribution in [-0.2, 0) is 30.4 Å². The summed E-state index contributed by atoms with van der Waals surface area (Å²) in [5.74, 6) is -5.18. The number of aliphatic carboxylic acids is 2. The second kappa shape index (κ2) is 15.0. The molecule has 0 aliphatic heterocycles. The van der Waals surface area contributed by atoms with Crippen LogP contribution in [0.1, 0.15) is 38.7 Å². The van der Waals surface area contributed by atoms with E-state index in [0.29, 0.717) is 6.42 Å². The van der Waals surface area contributed by atoms with Gasteiger partial charge in [-0.3, -0.25) is 19.2 Å². The van der Waals surface area contributed by atoms with Crippen LogP contribution in [0.3, 0.4) is 0 Å². The average molecular weight is 511 g/mol. The van der Waals surface area contributed by atoms with Crippen molar-refractivity contribution in [2.45, 2.75) is 63.7 Å². The summed E-state index contributed by atoms with van der Waals surface area (Å²) in [4.78, 5) is 60.7. The van der Waals surface area contributed by atoms with Crippen molar-refractivity contribution in [2.75, 3.05) is 5.75 Å². The fourth-order valence-electron chi connectivity index (χ4n) is 3.18. The van der Waals surface area contributed by atoms with Crippen molar-refractivity contribution in [3.05, 3.63) is 35.9 Å². The molecule has 3 amide bonds. The van der Waals surface area contributed by atoms with Crippen molar-refractivity contribution in [1.82, 2.24) is 16.0 Å². The predicted molar refractivity (Wildman–Crippen MR) is 132 cm³/mol. The lowest BCUT2D eigenvalue weighted by atomic mass is 9.96. The molecule has 0 radical (unpaired) electrons. The quantitative estimate of drug-likeness (QED) is 0.160. The molecule has 0 saturated heterocycles. The van der Waals surface area contributed by atoms with Crippen LogP contribution < -0.4 is 21.7 Å². The highest BCUT2D eigenvalue weighted by Crippen LogP contribution is 2.11. The summed E-state index contributed by atoms with van der Waals surface area (Å²) < 4.78 is 0. The average Bonchev–Trinajstić information content (AvgIpc) is 2.82. The molecule has 194 valence electrons. The zero-order valence-corrected chi connectivity index (χ0v) is 20.7. The van der Waals surface area contributed by atoms with Crippen LogP contribution in [0.4, 0.5) is 0 Å². The van der Waals surface area contributed by atoms with Crippen LogP contribution in [0, 0.1) is 5.92 Å². The summed E-state index contributed by atoms with van der Waals surface area (Å²) in [6.07, 6.45) is 0.0459. The normalized spacial score (nSPS) is 15.1. The number of carboxylic acids is 2. The minimum Gasteiger partial charge on any atom is -0.481 e. The van der Waals surface area contributed by atoms with Crippen LogP contribution in [-0.4, -0.2) is 69.8 Å². The molecule has 11 nitrogen and oxygen atoms in total. The molecule has 0 aromatic heterocycles. The minimum absolute atomic E-state index is 0.203. The highest BCUT2D eigenvalue weighted by Gasteiger charge is 2.32. The first kappa shape index (κ1) is 29.9. The molecule has 5 atom stereocenters. The summed E-state index contributed by atoms with van der Waals surface area (Å²) in [7, 11) is 0. The maximum Gasteiger partial charge on any atom is 0.327 e. The number of hydrogen-bond acceptors (Lipinski definition) is 7. The van der Waals surface area contributed by atoms with Gasteiger partial charge in [-0.2, -0.15) is 12.6 Å². The van der Waals surface area contributed by atoms with Gasteiger partial charge in [-0.15, -0.1) is 0 Å². The van der Waals surface area contributed by atoms with Crippen LogP contribution in [0.25, 0.3) is 0 Å². The molecule has 0 aliphatic carbocycles. The van der Waals surface area contributed by atoms with Gasteiger partial charge in [0.05, 0.1) is 6.04 Å².